The van der Waals surface area contributed by atoms with Crippen LogP contribution in [0.5, 0.6) is 0 Å². The van der Waals surface area contributed by atoms with E-state index in [4.69, 9.17) is 0 Å². The van der Waals surface area contributed by atoms with Crippen LogP contribution in [0.1, 0.15) is 19.3 Å². The van der Waals surface area contributed by atoms with Gasteiger partial charge >= 0.3 is 17.1 Å². The Labute approximate surface area is 118 Å². The van der Waals surface area contributed by atoms with Gasteiger partial charge < -0.3 is 10.4 Å². The van der Waals surface area contributed by atoms with Crippen LogP contribution < -0.4 is 16.4 Å². The van der Waals surface area contributed by atoms with E-state index in [9.17, 15) is 19.5 Å². The second-order valence-electron chi connectivity index (χ2n) is 4.82. The van der Waals surface area contributed by atoms with Crippen LogP contribution >= 0.6 is 11.8 Å². The van der Waals surface area contributed by atoms with E-state index in [1.54, 1.807) is 14.1 Å². The molecule has 0 radical (unpaired) electrons. The second kappa shape index (κ2) is 5.41. The highest BCUT2D eigenvalue weighted by atomic mass is 32.2. The molecule has 3 N–H and O–H groups in total. The molecule has 0 aliphatic heterocycles. The summed E-state index contributed by atoms with van der Waals surface area (Å²) in [6.45, 7) is 0. The van der Waals surface area contributed by atoms with E-state index >= 15 is 0 Å². The number of nitrogens with zero attached hydrogens (tertiary/aromatic N) is 2. The van der Waals surface area contributed by atoms with Gasteiger partial charge in [0.1, 0.15) is 5.54 Å². The lowest BCUT2D eigenvalue weighted by Crippen LogP contribution is -2.48. The number of hydrogen-bond acceptors (Lipinski definition) is 6. The summed E-state index contributed by atoms with van der Waals surface area (Å²) in [7, 11) is 3.23. The van der Waals surface area contributed by atoms with Crippen LogP contribution in [0.4, 0.5) is 0 Å². The first-order valence-corrected chi connectivity index (χ1v) is 7.02. The van der Waals surface area contributed by atoms with Gasteiger partial charge in [-0.15, -0.1) is 0 Å². The van der Waals surface area contributed by atoms with Crippen molar-refractivity contribution < 1.29 is 9.90 Å². The van der Waals surface area contributed by atoms with E-state index in [-0.39, 0.29) is 5.25 Å². The Bertz CT molecular complexity index is 640. The molecule has 20 heavy (non-hydrogen) atoms. The molecule has 1 aromatic rings. The summed E-state index contributed by atoms with van der Waals surface area (Å²) >= 11 is 1.31. The topological polar surface area (TPSA) is 117 Å². The van der Waals surface area contributed by atoms with E-state index in [0.717, 1.165) is 0 Å². The molecule has 1 fully saturated rings. The molecule has 0 saturated heterocycles. The molecule has 0 aromatic carbocycles. The minimum absolute atomic E-state index is 0.0301. The fourth-order valence-corrected chi connectivity index (χ4v) is 3.59. The Morgan fingerprint density at radius 1 is 1.60 bits per heavy atom. The van der Waals surface area contributed by atoms with Gasteiger partial charge in [0, 0.05) is 12.3 Å². The van der Waals surface area contributed by atoms with Crippen LogP contribution in [0.25, 0.3) is 0 Å². The Balaban J connectivity index is 2.17. The van der Waals surface area contributed by atoms with Crippen molar-refractivity contribution in [2.45, 2.75) is 35.2 Å². The molecule has 0 spiro atoms. The van der Waals surface area contributed by atoms with E-state index in [2.05, 4.69) is 15.4 Å². The van der Waals surface area contributed by atoms with Crippen molar-refractivity contribution in [2.75, 3.05) is 7.05 Å². The lowest BCUT2D eigenvalue weighted by atomic mass is 9.99. The van der Waals surface area contributed by atoms with Crippen LogP contribution in [0.2, 0.25) is 0 Å². The average Bonchev–Trinajstić information content (AvgIpc) is 2.81. The van der Waals surface area contributed by atoms with Gasteiger partial charge in [-0.25, -0.2) is 0 Å². The normalized spacial score (nSPS) is 25.8. The first-order chi connectivity index (χ1) is 9.38. The molecular weight excluding hydrogens is 284 g/mol. The third-order valence-electron chi connectivity index (χ3n) is 3.58. The van der Waals surface area contributed by atoms with Gasteiger partial charge in [-0.1, -0.05) is 11.8 Å². The first-order valence-electron chi connectivity index (χ1n) is 6.14. The maximum Gasteiger partial charge on any atom is 0.339 e. The van der Waals surface area contributed by atoms with E-state index < -0.39 is 22.6 Å². The van der Waals surface area contributed by atoms with Crippen molar-refractivity contribution in [3.05, 3.63) is 20.7 Å². The summed E-state index contributed by atoms with van der Waals surface area (Å²) in [4.78, 5) is 37.4. The van der Waals surface area contributed by atoms with Gasteiger partial charge in [-0.05, 0) is 26.3 Å². The molecule has 2 unspecified atom stereocenters. The SMILES string of the molecule is CNC1(C(=O)O)CCC(Sc2nc(=O)c(=O)[nH]n2C)C1. The van der Waals surface area contributed by atoms with E-state index in [0.29, 0.717) is 24.4 Å². The second-order valence-corrected chi connectivity index (χ2v) is 6.09. The number of H-pyrrole nitrogens is 1. The highest BCUT2D eigenvalue weighted by Crippen LogP contribution is 2.39. The monoisotopic (exact) mass is 300 g/mol. The van der Waals surface area contributed by atoms with Crippen LogP contribution in [-0.2, 0) is 11.8 Å². The third kappa shape index (κ3) is 2.63. The molecular formula is C11H16N4O4S. The molecule has 0 bridgehead atoms. The number of carboxylic acids is 1. The Kier molecular flexibility index (Phi) is 4.00. The number of rotatable bonds is 4. The van der Waals surface area contributed by atoms with Crippen LogP contribution in [0, 0.1) is 0 Å². The lowest BCUT2D eigenvalue weighted by Gasteiger charge is -2.23. The van der Waals surface area contributed by atoms with Crippen molar-refractivity contribution in [2.24, 2.45) is 7.05 Å². The zero-order valence-corrected chi connectivity index (χ0v) is 12.0. The number of nitrogens with one attached hydrogen (secondary N) is 2. The Morgan fingerprint density at radius 3 is 2.85 bits per heavy atom. The summed E-state index contributed by atoms with van der Waals surface area (Å²) in [6.07, 6.45) is 1.67. The Morgan fingerprint density at radius 2 is 2.30 bits per heavy atom. The molecule has 1 aliphatic carbocycles. The molecule has 1 aliphatic rings. The molecule has 9 heteroatoms. The average molecular weight is 300 g/mol. The first kappa shape index (κ1) is 14.8. The number of carboxylic acid groups (broad SMARTS) is 1. The van der Waals surface area contributed by atoms with Crippen molar-refractivity contribution in [1.82, 2.24) is 20.1 Å². The number of aliphatic carboxylic acids is 1. The van der Waals surface area contributed by atoms with Gasteiger partial charge in [0.05, 0.1) is 0 Å². The van der Waals surface area contributed by atoms with E-state index in [1.165, 1.54) is 16.4 Å². The van der Waals surface area contributed by atoms with Crippen molar-refractivity contribution in [3.63, 3.8) is 0 Å². The number of hydrogen-bond donors (Lipinski definition) is 3. The smallest absolute Gasteiger partial charge is 0.339 e. The number of aromatic nitrogens is 3. The summed E-state index contributed by atoms with van der Waals surface area (Å²) < 4.78 is 1.38. The molecule has 1 heterocycles. The van der Waals surface area contributed by atoms with Gasteiger partial charge in [-0.2, -0.15) is 4.98 Å². The molecule has 2 atom stereocenters. The molecule has 1 aromatic heterocycles. The summed E-state index contributed by atoms with van der Waals surface area (Å²) in [5, 5.41) is 14.9. The van der Waals surface area contributed by atoms with Gasteiger partial charge in [0.15, 0.2) is 5.16 Å². The van der Waals surface area contributed by atoms with Crippen molar-refractivity contribution in [3.8, 4) is 0 Å². The van der Waals surface area contributed by atoms with Crippen molar-refractivity contribution in [1.29, 1.82) is 0 Å². The number of likely N-dealkylation sites (N-methyl/N-ethyl adjacent to an activating group) is 1. The number of aryl methyl sites for hydroxylation is 1. The quantitative estimate of drug-likeness (QED) is 0.620. The van der Waals surface area contributed by atoms with Gasteiger partial charge in [0.25, 0.3) is 0 Å². The number of aromatic amines is 1. The van der Waals surface area contributed by atoms with Gasteiger partial charge in [-0.3, -0.25) is 24.2 Å². The Hall–Kier alpha value is -1.61. The molecule has 8 nitrogen and oxygen atoms in total. The zero-order valence-electron chi connectivity index (χ0n) is 11.2. The van der Waals surface area contributed by atoms with E-state index in [1.807, 2.05) is 0 Å². The van der Waals surface area contributed by atoms with Crippen LogP contribution in [0.3, 0.4) is 0 Å². The van der Waals surface area contributed by atoms with Crippen LogP contribution in [0.15, 0.2) is 14.7 Å². The number of carbonyl (C=O) groups is 1. The summed E-state index contributed by atoms with van der Waals surface area (Å²) in [5.74, 6) is -0.869. The largest absolute Gasteiger partial charge is 0.480 e. The summed E-state index contributed by atoms with van der Waals surface area (Å²) in [5.41, 5.74) is -2.52. The zero-order chi connectivity index (χ0) is 14.9. The summed E-state index contributed by atoms with van der Waals surface area (Å²) in [6, 6.07) is 0. The molecule has 0 amide bonds. The molecule has 110 valence electrons. The third-order valence-corrected chi connectivity index (χ3v) is 4.89. The predicted octanol–water partition coefficient (Wildman–Crippen LogP) is -0.844. The standard InChI is InChI=1S/C11H16N4O4S/c1-12-11(9(18)19)4-3-6(5-11)20-10-13-7(16)8(17)14-15(10)2/h6,12H,3-5H2,1-2H3,(H,14,17)(H,18,19). The highest BCUT2D eigenvalue weighted by molar-refractivity contribution is 7.99. The minimum atomic E-state index is -0.918. The number of thioether (sulfide) groups is 1. The van der Waals surface area contributed by atoms with Crippen molar-refractivity contribution >= 4 is 17.7 Å². The fourth-order valence-electron chi connectivity index (χ4n) is 2.34. The van der Waals surface area contributed by atoms with Crippen LogP contribution in [-0.4, -0.2) is 43.7 Å². The maximum atomic E-state index is 11.3. The van der Waals surface area contributed by atoms with Gasteiger partial charge in [0.2, 0.25) is 0 Å². The predicted molar refractivity (Wildman–Crippen MR) is 73.0 cm³/mol. The lowest BCUT2D eigenvalue weighted by molar-refractivity contribution is -0.144. The molecule has 1 saturated carbocycles. The molecule has 2 rings (SSSR count). The highest BCUT2D eigenvalue weighted by Gasteiger charge is 2.44. The maximum absolute atomic E-state index is 11.3. The fraction of sp³-hybridized carbons (Fsp3) is 0.636. The minimum Gasteiger partial charge on any atom is -0.480 e.